The molecule has 0 saturated carbocycles. The third kappa shape index (κ3) is 3.19. The van der Waals surface area contributed by atoms with Gasteiger partial charge in [-0.2, -0.15) is 0 Å². The molecule has 0 aliphatic carbocycles. The molecule has 25 heavy (non-hydrogen) atoms. The topological polar surface area (TPSA) is 70.0 Å². The fraction of sp³-hybridized carbons (Fsp3) is 0.444. The van der Waals surface area contributed by atoms with Gasteiger partial charge < -0.3 is 23.7 Å². The van der Waals surface area contributed by atoms with Crippen molar-refractivity contribution in [1.82, 2.24) is 9.47 Å². The summed E-state index contributed by atoms with van der Waals surface area (Å²) in [4.78, 5) is 26.9. The lowest BCUT2D eigenvalue weighted by molar-refractivity contribution is -0.131. The third-order valence-electron chi connectivity index (χ3n) is 4.63. The first kappa shape index (κ1) is 17.3. The van der Waals surface area contributed by atoms with E-state index in [0.29, 0.717) is 35.4 Å². The maximum atomic E-state index is 12.7. The van der Waals surface area contributed by atoms with Crippen LogP contribution >= 0.6 is 0 Å². The van der Waals surface area contributed by atoms with Gasteiger partial charge in [-0.1, -0.05) is 0 Å². The number of fused-ring (bicyclic) bond motifs is 1. The van der Waals surface area contributed by atoms with Crippen molar-refractivity contribution >= 4 is 16.7 Å². The van der Waals surface area contributed by atoms with Crippen molar-refractivity contribution in [3.05, 3.63) is 34.7 Å². The number of carbonyl (C=O) groups excluding carboxylic acids is 1. The Morgan fingerprint density at radius 3 is 2.60 bits per heavy atom. The Kier molecular flexibility index (Phi) is 4.94. The number of methoxy groups -OCH3 is 3. The normalized spacial score (nSPS) is 17.1. The minimum Gasteiger partial charge on any atom is -0.493 e. The third-order valence-corrected chi connectivity index (χ3v) is 4.63. The van der Waals surface area contributed by atoms with Crippen LogP contribution in [0.25, 0.3) is 10.8 Å². The van der Waals surface area contributed by atoms with Gasteiger partial charge >= 0.3 is 0 Å². The van der Waals surface area contributed by atoms with Crippen LogP contribution < -0.4 is 15.0 Å². The van der Waals surface area contributed by atoms with E-state index in [0.717, 1.165) is 6.42 Å². The van der Waals surface area contributed by atoms with E-state index in [4.69, 9.17) is 14.2 Å². The number of carbonyl (C=O) groups is 1. The Balaban J connectivity index is 1.90. The SMILES string of the molecule is COc1ccc2c(=O)n(CC(=O)N3CC[C@@H](OC)C3)ccc2c1OC. The van der Waals surface area contributed by atoms with Crippen LogP contribution in [-0.2, 0) is 16.1 Å². The summed E-state index contributed by atoms with van der Waals surface area (Å²) in [6.45, 7) is 1.24. The number of nitrogens with zero attached hydrogens (tertiary/aromatic N) is 2. The zero-order valence-electron chi connectivity index (χ0n) is 14.7. The molecule has 0 bridgehead atoms. The molecule has 3 rings (SSSR count). The summed E-state index contributed by atoms with van der Waals surface area (Å²) in [5.41, 5.74) is -0.228. The number of ether oxygens (including phenoxy) is 3. The Morgan fingerprint density at radius 1 is 1.16 bits per heavy atom. The van der Waals surface area contributed by atoms with Crippen molar-refractivity contribution in [3.8, 4) is 11.5 Å². The van der Waals surface area contributed by atoms with Crippen molar-refractivity contribution in [2.24, 2.45) is 0 Å². The highest BCUT2D eigenvalue weighted by molar-refractivity contribution is 5.90. The fourth-order valence-corrected chi connectivity index (χ4v) is 3.21. The Hall–Kier alpha value is -2.54. The van der Waals surface area contributed by atoms with Crippen LogP contribution in [0.2, 0.25) is 0 Å². The van der Waals surface area contributed by atoms with Crippen LogP contribution in [0.1, 0.15) is 6.42 Å². The van der Waals surface area contributed by atoms with Gasteiger partial charge in [0, 0.05) is 31.8 Å². The zero-order chi connectivity index (χ0) is 18.0. The van der Waals surface area contributed by atoms with Gasteiger partial charge in [-0.05, 0) is 24.6 Å². The number of rotatable bonds is 5. The number of hydrogen-bond donors (Lipinski definition) is 0. The molecule has 1 aromatic carbocycles. The minimum atomic E-state index is -0.228. The molecule has 1 aromatic heterocycles. The van der Waals surface area contributed by atoms with Gasteiger partial charge in [0.2, 0.25) is 5.91 Å². The second-order valence-electron chi connectivity index (χ2n) is 6.00. The van der Waals surface area contributed by atoms with Crippen molar-refractivity contribution in [3.63, 3.8) is 0 Å². The van der Waals surface area contributed by atoms with E-state index < -0.39 is 0 Å². The average molecular weight is 346 g/mol. The van der Waals surface area contributed by atoms with E-state index in [-0.39, 0.29) is 24.1 Å². The van der Waals surface area contributed by atoms with Crippen molar-refractivity contribution in [1.29, 1.82) is 0 Å². The first-order valence-corrected chi connectivity index (χ1v) is 8.13. The van der Waals surface area contributed by atoms with E-state index >= 15 is 0 Å². The molecule has 0 N–H and O–H groups in total. The molecule has 134 valence electrons. The summed E-state index contributed by atoms with van der Waals surface area (Å²) in [6, 6.07) is 5.16. The van der Waals surface area contributed by atoms with Gasteiger partial charge in [0.25, 0.3) is 5.56 Å². The lowest BCUT2D eigenvalue weighted by Crippen LogP contribution is -2.35. The molecule has 1 atom stereocenters. The maximum Gasteiger partial charge on any atom is 0.259 e. The molecule has 0 radical (unpaired) electrons. The molecule has 2 aromatic rings. The van der Waals surface area contributed by atoms with Crippen LogP contribution in [0.4, 0.5) is 0 Å². The molecule has 1 saturated heterocycles. The van der Waals surface area contributed by atoms with E-state index in [1.165, 1.54) is 11.7 Å². The highest BCUT2D eigenvalue weighted by Crippen LogP contribution is 2.33. The number of likely N-dealkylation sites (tertiary alicyclic amines) is 1. The van der Waals surface area contributed by atoms with E-state index in [1.807, 2.05) is 0 Å². The van der Waals surface area contributed by atoms with Gasteiger partial charge in [-0.25, -0.2) is 0 Å². The Morgan fingerprint density at radius 2 is 1.96 bits per heavy atom. The van der Waals surface area contributed by atoms with E-state index in [1.54, 1.807) is 43.5 Å². The molecule has 7 nitrogen and oxygen atoms in total. The quantitative estimate of drug-likeness (QED) is 0.815. The number of pyridine rings is 1. The van der Waals surface area contributed by atoms with Gasteiger partial charge in [0.15, 0.2) is 11.5 Å². The molecule has 1 fully saturated rings. The molecular weight excluding hydrogens is 324 g/mol. The van der Waals surface area contributed by atoms with E-state index in [9.17, 15) is 9.59 Å². The van der Waals surface area contributed by atoms with Gasteiger partial charge in [0.1, 0.15) is 6.54 Å². The van der Waals surface area contributed by atoms with Crippen LogP contribution in [0.15, 0.2) is 29.2 Å². The largest absolute Gasteiger partial charge is 0.493 e. The van der Waals surface area contributed by atoms with Gasteiger partial charge in [-0.3, -0.25) is 9.59 Å². The molecule has 7 heteroatoms. The van der Waals surface area contributed by atoms with Gasteiger partial charge in [0.05, 0.1) is 25.7 Å². The predicted molar refractivity (Wildman–Crippen MR) is 93.3 cm³/mol. The average Bonchev–Trinajstić information content (AvgIpc) is 3.12. The van der Waals surface area contributed by atoms with Crippen LogP contribution in [-0.4, -0.2) is 55.9 Å². The summed E-state index contributed by atoms with van der Waals surface area (Å²) < 4.78 is 17.3. The fourth-order valence-electron chi connectivity index (χ4n) is 3.21. The summed E-state index contributed by atoms with van der Waals surface area (Å²) in [6.07, 6.45) is 2.52. The lowest BCUT2D eigenvalue weighted by Gasteiger charge is -2.17. The lowest BCUT2D eigenvalue weighted by atomic mass is 10.1. The Bertz CT molecular complexity index is 845. The standard InChI is InChI=1S/C18H22N2O5/c1-23-12-6-8-19(10-12)16(21)11-20-9-7-13-14(18(20)22)4-5-15(24-2)17(13)25-3/h4-5,7,9,12H,6,8,10-11H2,1-3H3/t12-/m1/s1. The molecule has 0 spiro atoms. The second kappa shape index (κ2) is 7.14. The molecule has 1 aliphatic heterocycles. The summed E-state index contributed by atoms with van der Waals surface area (Å²) in [5.74, 6) is 0.991. The zero-order valence-corrected chi connectivity index (χ0v) is 14.7. The monoisotopic (exact) mass is 346 g/mol. The first-order valence-electron chi connectivity index (χ1n) is 8.13. The second-order valence-corrected chi connectivity index (χ2v) is 6.00. The van der Waals surface area contributed by atoms with Crippen molar-refractivity contribution in [2.45, 2.75) is 19.1 Å². The van der Waals surface area contributed by atoms with Gasteiger partial charge in [-0.15, -0.1) is 0 Å². The van der Waals surface area contributed by atoms with Crippen LogP contribution in [0, 0.1) is 0 Å². The number of benzene rings is 1. The molecule has 2 heterocycles. The maximum absolute atomic E-state index is 12.7. The highest BCUT2D eigenvalue weighted by atomic mass is 16.5. The van der Waals surface area contributed by atoms with E-state index in [2.05, 4.69) is 0 Å². The molecule has 0 unspecified atom stereocenters. The molecule has 1 amide bonds. The van der Waals surface area contributed by atoms with Crippen LogP contribution in [0.5, 0.6) is 11.5 Å². The Labute approximate surface area is 145 Å². The first-order chi connectivity index (χ1) is 12.1. The van der Waals surface area contributed by atoms with Crippen molar-refractivity contribution in [2.75, 3.05) is 34.4 Å². The molecule has 1 aliphatic rings. The highest BCUT2D eigenvalue weighted by Gasteiger charge is 2.26. The number of amides is 1. The summed E-state index contributed by atoms with van der Waals surface area (Å²) in [7, 11) is 4.73. The summed E-state index contributed by atoms with van der Waals surface area (Å²) in [5, 5.41) is 1.15. The number of hydrogen-bond acceptors (Lipinski definition) is 5. The molecular formula is C18H22N2O5. The smallest absolute Gasteiger partial charge is 0.259 e. The summed E-state index contributed by atoms with van der Waals surface area (Å²) >= 11 is 0. The van der Waals surface area contributed by atoms with Crippen LogP contribution in [0.3, 0.4) is 0 Å². The predicted octanol–water partition coefficient (Wildman–Crippen LogP) is 1.27. The minimum absolute atomic E-state index is 0.0134. The number of aromatic nitrogens is 1. The van der Waals surface area contributed by atoms with Crippen molar-refractivity contribution < 1.29 is 19.0 Å².